The Morgan fingerprint density at radius 2 is 1.79 bits per heavy atom. The summed E-state index contributed by atoms with van der Waals surface area (Å²) in [5.41, 5.74) is 4.00. The fourth-order valence-corrected chi connectivity index (χ4v) is 3.04. The quantitative estimate of drug-likeness (QED) is 0.664. The molecule has 124 valence electrons. The van der Waals surface area contributed by atoms with Gasteiger partial charge in [0.05, 0.1) is 0 Å². The number of nitrogens with zero attached hydrogens (tertiary/aromatic N) is 1. The van der Waals surface area contributed by atoms with Crippen LogP contribution in [0, 0.1) is 0 Å². The van der Waals surface area contributed by atoms with E-state index in [0.717, 1.165) is 29.8 Å². The van der Waals surface area contributed by atoms with Crippen molar-refractivity contribution in [1.82, 2.24) is 0 Å². The number of anilines is 1. The van der Waals surface area contributed by atoms with Gasteiger partial charge >= 0.3 is 0 Å². The summed E-state index contributed by atoms with van der Waals surface area (Å²) in [6, 6.07) is 10.9. The molecular weight excluding hydrogens is 302 g/mol. The molecular formula is C20H21NO3. The second-order valence-corrected chi connectivity index (χ2v) is 6.19. The summed E-state index contributed by atoms with van der Waals surface area (Å²) in [6.45, 7) is 3.15. The summed E-state index contributed by atoms with van der Waals surface area (Å²) >= 11 is 0. The first-order valence-electron chi connectivity index (χ1n) is 8.11. The Kier molecular flexibility index (Phi) is 4.30. The lowest BCUT2D eigenvalue weighted by atomic mass is 10.1. The number of carbonyl (C=O) groups excluding carboxylic acids is 1. The van der Waals surface area contributed by atoms with Gasteiger partial charge in [0, 0.05) is 36.8 Å². The molecule has 0 aromatic heterocycles. The van der Waals surface area contributed by atoms with Crippen LogP contribution in [0.1, 0.15) is 34.8 Å². The van der Waals surface area contributed by atoms with Gasteiger partial charge in [-0.1, -0.05) is 19.1 Å². The number of aromatic hydroxyl groups is 2. The fourth-order valence-electron chi connectivity index (χ4n) is 3.04. The standard InChI is InChI=1S/C20H21NO3/c1-3-8-21(2)16-6-4-13(5-7-16)9-15-10-14-11-18(22)19(23)12-17(14)20(15)24/h4-7,9,11-12,22-23H,3,8,10H2,1-2H3/b15-9+. The van der Waals surface area contributed by atoms with Crippen molar-refractivity contribution in [1.29, 1.82) is 0 Å². The minimum Gasteiger partial charge on any atom is -0.504 e. The molecule has 2 N–H and O–H groups in total. The zero-order valence-electron chi connectivity index (χ0n) is 13.9. The van der Waals surface area contributed by atoms with E-state index in [2.05, 4.69) is 18.9 Å². The topological polar surface area (TPSA) is 60.8 Å². The van der Waals surface area contributed by atoms with Crippen LogP contribution in [0.25, 0.3) is 6.08 Å². The van der Waals surface area contributed by atoms with Crippen molar-refractivity contribution in [2.24, 2.45) is 0 Å². The number of phenols is 2. The highest BCUT2D eigenvalue weighted by atomic mass is 16.3. The second kappa shape index (κ2) is 6.40. The van der Waals surface area contributed by atoms with Crippen molar-refractivity contribution in [3.63, 3.8) is 0 Å². The highest BCUT2D eigenvalue weighted by Gasteiger charge is 2.26. The van der Waals surface area contributed by atoms with E-state index < -0.39 is 0 Å². The lowest BCUT2D eigenvalue weighted by Crippen LogP contribution is -2.17. The fraction of sp³-hybridized carbons (Fsp3) is 0.250. The molecule has 0 atom stereocenters. The van der Waals surface area contributed by atoms with Crippen LogP contribution in [0.5, 0.6) is 11.5 Å². The number of allylic oxidation sites excluding steroid dienone is 1. The zero-order chi connectivity index (χ0) is 17.3. The van der Waals surface area contributed by atoms with Gasteiger partial charge in [0.2, 0.25) is 0 Å². The Bertz CT molecular complexity index is 806. The van der Waals surface area contributed by atoms with Crippen LogP contribution < -0.4 is 4.90 Å². The summed E-state index contributed by atoms with van der Waals surface area (Å²) in [5.74, 6) is -0.537. The third-order valence-electron chi connectivity index (χ3n) is 4.35. The monoisotopic (exact) mass is 323 g/mol. The highest BCUT2D eigenvalue weighted by Crippen LogP contribution is 2.35. The van der Waals surface area contributed by atoms with Gasteiger partial charge in [-0.25, -0.2) is 0 Å². The first-order chi connectivity index (χ1) is 11.5. The number of carbonyl (C=O) groups is 1. The predicted molar refractivity (Wildman–Crippen MR) is 95.8 cm³/mol. The Balaban J connectivity index is 1.84. The first-order valence-corrected chi connectivity index (χ1v) is 8.11. The van der Waals surface area contributed by atoms with Crippen LogP contribution in [0.2, 0.25) is 0 Å². The maximum Gasteiger partial charge on any atom is 0.189 e. The smallest absolute Gasteiger partial charge is 0.189 e. The van der Waals surface area contributed by atoms with Gasteiger partial charge in [0.25, 0.3) is 0 Å². The van der Waals surface area contributed by atoms with E-state index in [4.69, 9.17) is 0 Å². The molecule has 0 saturated carbocycles. The number of phenolic OH excluding ortho intramolecular Hbond substituents is 2. The maximum absolute atomic E-state index is 12.5. The molecule has 0 radical (unpaired) electrons. The lowest BCUT2D eigenvalue weighted by molar-refractivity contribution is 0.104. The van der Waals surface area contributed by atoms with Crippen LogP contribution in [-0.2, 0) is 6.42 Å². The largest absolute Gasteiger partial charge is 0.504 e. The third-order valence-corrected chi connectivity index (χ3v) is 4.35. The van der Waals surface area contributed by atoms with E-state index in [1.165, 1.54) is 12.1 Å². The van der Waals surface area contributed by atoms with Gasteiger partial charge in [-0.05, 0) is 47.9 Å². The minimum absolute atomic E-state index is 0.0903. The van der Waals surface area contributed by atoms with Crippen molar-refractivity contribution in [3.8, 4) is 11.5 Å². The normalized spacial score (nSPS) is 14.9. The average molecular weight is 323 g/mol. The molecule has 3 rings (SSSR count). The van der Waals surface area contributed by atoms with Crippen LogP contribution in [0.4, 0.5) is 5.69 Å². The number of hydrogen-bond acceptors (Lipinski definition) is 4. The van der Waals surface area contributed by atoms with Gasteiger partial charge < -0.3 is 15.1 Å². The molecule has 0 amide bonds. The molecule has 4 heteroatoms. The van der Waals surface area contributed by atoms with Crippen molar-refractivity contribution in [3.05, 3.63) is 58.7 Å². The van der Waals surface area contributed by atoms with E-state index >= 15 is 0 Å². The molecule has 1 aliphatic carbocycles. The number of benzene rings is 2. The van der Waals surface area contributed by atoms with Crippen molar-refractivity contribution in [2.45, 2.75) is 19.8 Å². The summed E-state index contributed by atoms with van der Waals surface area (Å²) in [6.07, 6.45) is 3.44. The average Bonchev–Trinajstić information content (AvgIpc) is 2.85. The molecule has 0 spiro atoms. The molecule has 0 fully saturated rings. The van der Waals surface area contributed by atoms with E-state index in [1.54, 1.807) is 0 Å². The molecule has 2 aromatic carbocycles. The summed E-state index contributed by atoms with van der Waals surface area (Å²) < 4.78 is 0. The predicted octanol–water partition coefficient (Wildman–Crippen LogP) is 3.77. The van der Waals surface area contributed by atoms with E-state index in [-0.39, 0.29) is 17.3 Å². The molecule has 0 unspecified atom stereocenters. The zero-order valence-corrected chi connectivity index (χ0v) is 13.9. The van der Waals surface area contributed by atoms with Crippen LogP contribution in [0.3, 0.4) is 0 Å². The van der Waals surface area contributed by atoms with Crippen LogP contribution in [-0.4, -0.2) is 29.6 Å². The summed E-state index contributed by atoms with van der Waals surface area (Å²) in [4.78, 5) is 14.6. The Hall–Kier alpha value is -2.75. The number of hydrogen-bond donors (Lipinski definition) is 2. The molecule has 1 aliphatic rings. The Morgan fingerprint density at radius 3 is 2.46 bits per heavy atom. The summed E-state index contributed by atoms with van der Waals surface area (Å²) in [5, 5.41) is 19.2. The SMILES string of the molecule is CCCN(C)c1ccc(/C=C2\Cc3cc(O)c(O)cc3C2=O)cc1. The van der Waals surface area contributed by atoms with Gasteiger partial charge in [0.1, 0.15) is 0 Å². The molecule has 0 bridgehead atoms. The minimum atomic E-state index is -0.258. The van der Waals surface area contributed by atoms with Crippen LogP contribution >= 0.6 is 0 Å². The molecule has 0 heterocycles. The van der Waals surface area contributed by atoms with E-state index in [9.17, 15) is 15.0 Å². The lowest BCUT2D eigenvalue weighted by Gasteiger charge is -2.18. The second-order valence-electron chi connectivity index (χ2n) is 6.19. The Morgan fingerprint density at radius 1 is 1.12 bits per heavy atom. The number of Topliss-reactive ketones (excluding diaryl/α,β-unsaturated/α-hetero) is 1. The Labute approximate surface area is 141 Å². The maximum atomic E-state index is 12.5. The van der Waals surface area contributed by atoms with Crippen molar-refractivity contribution >= 4 is 17.5 Å². The molecule has 0 saturated heterocycles. The van der Waals surface area contributed by atoms with Gasteiger partial charge in [-0.15, -0.1) is 0 Å². The van der Waals surface area contributed by atoms with E-state index in [1.807, 2.05) is 30.3 Å². The van der Waals surface area contributed by atoms with Crippen LogP contribution in [0.15, 0.2) is 42.0 Å². The van der Waals surface area contributed by atoms with Gasteiger partial charge in [0.15, 0.2) is 17.3 Å². The molecule has 0 aliphatic heterocycles. The van der Waals surface area contributed by atoms with Crippen molar-refractivity contribution < 1.29 is 15.0 Å². The molecule has 24 heavy (non-hydrogen) atoms. The number of fused-ring (bicyclic) bond motifs is 1. The van der Waals surface area contributed by atoms with Gasteiger partial charge in [-0.2, -0.15) is 0 Å². The highest BCUT2D eigenvalue weighted by molar-refractivity contribution is 6.15. The first kappa shape index (κ1) is 16.1. The molecule has 4 nitrogen and oxygen atoms in total. The summed E-state index contributed by atoms with van der Waals surface area (Å²) in [7, 11) is 2.06. The van der Waals surface area contributed by atoms with Gasteiger partial charge in [-0.3, -0.25) is 4.79 Å². The van der Waals surface area contributed by atoms with Crippen molar-refractivity contribution in [2.75, 3.05) is 18.5 Å². The van der Waals surface area contributed by atoms with E-state index in [0.29, 0.717) is 17.6 Å². The number of ketones is 1. The number of rotatable bonds is 4. The molecule has 2 aromatic rings. The third kappa shape index (κ3) is 3.00.